The third kappa shape index (κ3) is 4.67. The first-order valence-electron chi connectivity index (χ1n) is 5.17. The Kier molecular flexibility index (Phi) is 4.62. The Balaban J connectivity index is 5.02. The molecule has 0 bridgehead atoms. The van der Waals surface area contributed by atoms with Crippen LogP contribution in [-0.2, 0) is 0 Å². The van der Waals surface area contributed by atoms with Gasteiger partial charge in [-0.2, -0.15) is 0 Å². The van der Waals surface area contributed by atoms with Crippen molar-refractivity contribution in [3.05, 3.63) is 0 Å². The van der Waals surface area contributed by atoms with Gasteiger partial charge in [-0.25, -0.2) is 0 Å². The van der Waals surface area contributed by atoms with E-state index in [1.165, 1.54) is 0 Å². The van der Waals surface area contributed by atoms with Crippen LogP contribution in [0.15, 0.2) is 0 Å². The molecule has 0 nitrogen and oxygen atoms in total. The first-order chi connectivity index (χ1) is 5.37. The van der Waals surface area contributed by atoms with Gasteiger partial charge in [0.1, 0.15) is 0 Å². The van der Waals surface area contributed by atoms with Crippen LogP contribution in [0.3, 0.4) is 0 Å². The molecule has 0 unspecified atom stereocenters. The molecule has 0 fully saturated rings. The van der Waals surface area contributed by atoms with E-state index in [0.717, 1.165) is 0 Å². The van der Waals surface area contributed by atoms with Gasteiger partial charge < -0.3 is 0 Å². The Morgan fingerprint density at radius 3 is 0.615 bits per heavy atom. The van der Waals surface area contributed by atoms with Crippen LogP contribution in [0.5, 0.6) is 0 Å². The van der Waals surface area contributed by atoms with Crippen LogP contribution in [0.1, 0.15) is 0 Å². The summed E-state index contributed by atoms with van der Waals surface area (Å²) in [5, 5.41) is 0. The Hall–Kier alpha value is 1.47. The fraction of sp³-hybridized carbons (Fsp3) is 1.00. The van der Waals surface area contributed by atoms with Gasteiger partial charge >= 0.3 is 93.2 Å². The van der Waals surface area contributed by atoms with Gasteiger partial charge in [-0.3, -0.25) is 0 Å². The van der Waals surface area contributed by atoms with E-state index in [9.17, 15) is 0 Å². The van der Waals surface area contributed by atoms with Crippen molar-refractivity contribution in [1.82, 2.24) is 0 Å². The van der Waals surface area contributed by atoms with Crippen LogP contribution in [0, 0.1) is 0 Å². The van der Waals surface area contributed by atoms with Gasteiger partial charge in [-0.15, -0.1) is 0 Å². The SMILES string of the molecule is C[Si](C)(C)[Sb]([Si](C)(C)C)[Si](C)(C)C. The summed E-state index contributed by atoms with van der Waals surface area (Å²) in [7, 11) is 0. The molecule has 0 spiro atoms. The summed E-state index contributed by atoms with van der Waals surface area (Å²) in [6.07, 6.45) is 0. The molecule has 0 saturated heterocycles. The summed E-state index contributed by atoms with van der Waals surface area (Å²) >= 11 is -0.871. The molecule has 0 N–H and O–H groups in total. The van der Waals surface area contributed by atoms with Crippen LogP contribution in [-0.4, -0.2) is 34.3 Å². The number of hydrogen-bond acceptors (Lipinski definition) is 0. The van der Waals surface area contributed by atoms with E-state index in [-0.39, 0.29) is 0 Å². The second-order valence-electron chi connectivity index (χ2n) is 6.85. The van der Waals surface area contributed by atoms with E-state index in [4.69, 9.17) is 0 Å². The van der Waals surface area contributed by atoms with E-state index in [1.807, 2.05) is 0 Å². The monoisotopic (exact) mass is 340 g/mol. The van der Waals surface area contributed by atoms with Crippen LogP contribution >= 0.6 is 0 Å². The first kappa shape index (κ1) is 14.5. The molecule has 0 aromatic rings. The molecule has 0 aliphatic heterocycles. The van der Waals surface area contributed by atoms with E-state index in [0.29, 0.717) is 0 Å². The van der Waals surface area contributed by atoms with E-state index >= 15 is 0 Å². The Morgan fingerprint density at radius 1 is 0.462 bits per heavy atom. The van der Waals surface area contributed by atoms with Crippen LogP contribution in [0.2, 0.25) is 58.9 Å². The van der Waals surface area contributed by atoms with Gasteiger partial charge in [-0.1, -0.05) is 0 Å². The van der Waals surface area contributed by atoms with Crippen LogP contribution in [0.4, 0.5) is 0 Å². The topological polar surface area (TPSA) is 0 Å². The predicted molar refractivity (Wildman–Crippen MR) is 75.8 cm³/mol. The summed E-state index contributed by atoms with van der Waals surface area (Å²) in [4.78, 5) is 0. The molecule has 0 amide bonds. The van der Waals surface area contributed by atoms with Gasteiger partial charge in [0, 0.05) is 0 Å². The number of hydrogen-bond donors (Lipinski definition) is 0. The molecular formula is C9H27SbSi3. The molecule has 0 atom stereocenters. The van der Waals surface area contributed by atoms with Crippen molar-refractivity contribution in [3.63, 3.8) is 0 Å². The molecule has 80 valence electrons. The zero-order chi connectivity index (χ0) is 11.1. The van der Waals surface area contributed by atoms with Crippen LogP contribution in [0.25, 0.3) is 0 Å². The van der Waals surface area contributed by atoms with Gasteiger partial charge in [0.25, 0.3) is 0 Å². The minimum absolute atomic E-state index is 0.751. The average Bonchev–Trinajstić information content (AvgIpc) is 1.44. The summed E-state index contributed by atoms with van der Waals surface area (Å²) in [5.41, 5.74) is -2.25. The molecule has 0 heterocycles. The Morgan fingerprint density at radius 2 is 0.615 bits per heavy atom. The second-order valence-corrected chi connectivity index (χ2v) is 74.2. The third-order valence-electron chi connectivity index (χ3n) is 2.01. The Bertz CT molecular complexity index is 137. The van der Waals surface area contributed by atoms with E-state index < -0.39 is 34.3 Å². The zero-order valence-electron chi connectivity index (χ0n) is 10.9. The fourth-order valence-electron chi connectivity index (χ4n) is 3.02. The normalized spacial score (nSPS) is 15.2. The molecule has 0 aliphatic carbocycles. The van der Waals surface area contributed by atoms with Crippen molar-refractivity contribution in [3.8, 4) is 0 Å². The van der Waals surface area contributed by atoms with Crippen molar-refractivity contribution in [1.29, 1.82) is 0 Å². The van der Waals surface area contributed by atoms with Crippen molar-refractivity contribution < 1.29 is 0 Å². The van der Waals surface area contributed by atoms with Gasteiger partial charge in [0.05, 0.1) is 0 Å². The minimum atomic E-state index is -0.871. The van der Waals surface area contributed by atoms with Crippen molar-refractivity contribution in [2.45, 2.75) is 58.9 Å². The van der Waals surface area contributed by atoms with E-state index in [1.54, 1.807) is 0 Å². The first-order valence-corrected chi connectivity index (χ1v) is 27.0. The predicted octanol–water partition coefficient (Wildman–Crippen LogP) is 3.73. The van der Waals surface area contributed by atoms with Gasteiger partial charge in [0.2, 0.25) is 0 Å². The van der Waals surface area contributed by atoms with Crippen molar-refractivity contribution in [2.24, 2.45) is 0 Å². The molecule has 4 heteroatoms. The fourth-order valence-corrected chi connectivity index (χ4v) is 182. The molecule has 0 radical (unpaired) electrons. The molecule has 0 saturated carbocycles. The average molecular weight is 341 g/mol. The van der Waals surface area contributed by atoms with Crippen LogP contribution < -0.4 is 0 Å². The summed E-state index contributed by atoms with van der Waals surface area (Å²) in [5.74, 6) is 0. The van der Waals surface area contributed by atoms with Gasteiger partial charge in [-0.05, 0) is 0 Å². The zero-order valence-corrected chi connectivity index (χ0v) is 16.5. The second kappa shape index (κ2) is 4.15. The van der Waals surface area contributed by atoms with Crippen molar-refractivity contribution in [2.75, 3.05) is 0 Å². The maximum absolute atomic E-state index is 2.65. The van der Waals surface area contributed by atoms with Crippen molar-refractivity contribution >= 4 is 34.3 Å². The molecule has 13 heavy (non-hydrogen) atoms. The third-order valence-corrected chi connectivity index (χ3v) is 122. The standard InChI is InChI=1S/3C3H9Si.Sb/c3*1-4(2)3;/h3*1-3H3;. The summed E-state index contributed by atoms with van der Waals surface area (Å²) < 4.78 is 0. The Labute approximate surface area is 92.6 Å². The molecular weight excluding hydrogens is 314 g/mol. The quantitative estimate of drug-likeness (QED) is 0.686. The molecule has 0 rings (SSSR count). The maximum atomic E-state index is 2.65. The number of rotatable bonds is 3. The molecule has 0 aliphatic rings. The molecule has 0 aromatic heterocycles. The molecule has 0 aromatic carbocycles. The van der Waals surface area contributed by atoms with E-state index in [2.05, 4.69) is 58.9 Å². The summed E-state index contributed by atoms with van der Waals surface area (Å²) in [6, 6.07) is 0. The summed E-state index contributed by atoms with van der Waals surface area (Å²) in [6.45, 7) is 23.8. The van der Waals surface area contributed by atoms with Gasteiger partial charge in [0.15, 0.2) is 0 Å².